The molecule has 5 heteroatoms. The van der Waals surface area contributed by atoms with Gasteiger partial charge in [0.15, 0.2) is 0 Å². The smallest absolute Gasteiger partial charge is 0.251 e. The van der Waals surface area contributed by atoms with E-state index in [0.717, 1.165) is 4.47 Å². The molecule has 0 spiro atoms. The van der Waals surface area contributed by atoms with Gasteiger partial charge in [0.25, 0.3) is 5.91 Å². The third kappa shape index (κ3) is 3.53. The molecule has 0 aromatic heterocycles. The lowest BCUT2D eigenvalue weighted by atomic mass is 10.2. The van der Waals surface area contributed by atoms with Gasteiger partial charge < -0.3 is 16.2 Å². The number of carbonyl (C=O) groups excluding carboxylic acids is 1. The molecule has 1 aromatic carbocycles. The number of nitrogens with one attached hydrogen (secondary N) is 1. The second kappa shape index (κ2) is 5.14. The minimum atomic E-state index is -0.554. The van der Waals surface area contributed by atoms with Crippen LogP contribution in [0.25, 0.3) is 0 Å². The maximum absolute atomic E-state index is 11.5. The van der Waals surface area contributed by atoms with Crippen LogP contribution in [0, 0.1) is 0 Å². The quantitative estimate of drug-likeness (QED) is 0.723. The fraction of sp³-hybridized carbons (Fsp3) is 0.300. The van der Waals surface area contributed by atoms with Gasteiger partial charge in [0, 0.05) is 22.3 Å². The van der Waals surface area contributed by atoms with Crippen molar-refractivity contribution in [1.29, 1.82) is 0 Å². The van der Waals surface area contributed by atoms with Crippen LogP contribution in [0.5, 0.6) is 0 Å². The summed E-state index contributed by atoms with van der Waals surface area (Å²) in [6.07, 6.45) is -0.554. The fourth-order valence-electron chi connectivity index (χ4n) is 1.03. The number of amides is 1. The molecule has 1 atom stereocenters. The third-order valence-corrected chi connectivity index (χ3v) is 2.54. The monoisotopic (exact) mass is 272 g/mol. The minimum absolute atomic E-state index is 0.231. The number of anilines is 1. The van der Waals surface area contributed by atoms with Gasteiger partial charge in [-0.3, -0.25) is 4.79 Å². The Morgan fingerprint density at radius 2 is 2.33 bits per heavy atom. The van der Waals surface area contributed by atoms with Gasteiger partial charge in [0.2, 0.25) is 0 Å². The van der Waals surface area contributed by atoms with Crippen LogP contribution in [0.3, 0.4) is 0 Å². The summed E-state index contributed by atoms with van der Waals surface area (Å²) in [5, 5.41) is 11.6. The summed E-state index contributed by atoms with van der Waals surface area (Å²) in [7, 11) is 0. The van der Waals surface area contributed by atoms with Crippen LogP contribution >= 0.6 is 15.9 Å². The summed E-state index contributed by atoms with van der Waals surface area (Å²) in [6.45, 7) is 1.84. The van der Waals surface area contributed by atoms with E-state index in [-0.39, 0.29) is 12.5 Å². The van der Waals surface area contributed by atoms with Crippen LogP contribution in [0.2, 0.25) is 0 Å². The molecule has 0 saturated carbocycles. The van der Waals surface area contributed by atoms with Crippen LogP contribution in [0.15, 0.2) is 22.7 Å². The largest absolute Gasteiger partial charge is 0.398 e. The van der Waals surface area contributed by atoms with Crippen LogP contribution in [-0.4, -0.2) is 23.7 Å². The SMILES string of the molecule is C[C@H](O)CNC(=O)c1ccc(Br)c(N)c1. The average molecular weight is 273 g/mol. The predicted molar refractivity (Wildman–Crippen MR) is 62.6 cm³/mol. The van der Waals surface area contributed by atoms with Crippen molar-refractivity contribution in [3.63, 3.8) is 0 Å². The number of benzene rings is 1. The topological polar surface area (TPSA) is 75.3 Å². The lowest BCUT2D eigenvalue weighted by Gasteiger charge is -2.07. The van der Waals surface area contributed by atoms with Crippen molar-refractivity contribution < 1.29 is 9.90 Å². The number of rotatable bonds is 3. The van der Waals surface area contributed by atoms with Gasteiger partial charge in [-0.15, -0.1) is 0 Å². The zero-order valence-electron chi connectivity index (χ0n) is 8.33. The van der Waals surface area contributed by atoms with Crippen molar-refractivity contribution in [2.75, 3.05) is 12.3 Å². The van der Waals surface area contributed by atoms with Gasteiger partial charge in [0.05, 0.1) is 6.10 Å². The summed E-state index contributed by atoms with van der Waals surface area (Å²) < 4.78 is 0.759. The van der Waals surface area contributed by atoms with Crippen LogP contribution in [0.1, 0.15) is 17.3 Å². The van der Waals surface area contributed by atoms with E-state index in [1.807, 2.05) is 0 Å². The van der Waals surface area contributed by atoms with Crippen molar-refractivity contribution in [2.45, 2.75) is 13.0 Å². The molecule has 0 aliphatic heterocycles. The van der Waals surface area contributed by atoms with Crippen LogP contribution < -0.4 is 11.1 Å². The maximum atomic E-state index is 11.5. The van der Waals surface area contributed by atoms with Crippen molar-refractivity contribution in [3.05, 3.63) is 28.2 Å². The number of nitrogens with two attached hydrogens (primary N) is 1. The van der Waals surface area contributed by atoms with Gasteiger partial charge >= 0.3 is 0 Å². The Bertz CT molecular complexity index is 366. The van der Waals surface area contributed by atoms with Gasteiger partial charge in [-0.2, -0.15) is 0 Å². The summed E-state index contributed by atoms with van der Waals surface area (Å²) in [5.74, 6) is -0.241. The molecule has 1 rings (SSSR count). The van der Waals surface area contributed by atoms with Gasteiger partial charge in [0.1, 0.15) is 0 Å². The second-order valence-electron chi connectivity index (χ2n) is 3.30. The summed E-state index contributed by atoms with van der Waals surface area (Å²) in [5.41, 5.74) is 6.63. The molecule has 15 heavy (non-hydrogen) atoms. The molecule has 4 N–H and O–H groups in total. The Balaban J connectivity index is 2.70. The third-order valence-electron chi connectivity index (χ3n) is 1.82. The summed E-state index contributed by atoms with van der Waals surface area (Å²) in [6, 6.07) is 4.96. The average Bonchev–Trinajstić information content (AvgIpc) is 2.18. The maximum Gasteiger partial charge on any atom is 0.251 e. The van der Waals surface area contributed by atoms with Crippen LogP contribution in [0.4, 0.5) is 5.69 Å². The predicted octanol–water partition coefficient (Wildman–Crippen LogP) is 1.14. The molecule has 0 bridgehead atoms. The molecule has 0 unspecified atom stereocenters. The molecular weight excluding hydrogens is 260 g/mol. The number of nitrogen functional groups attached to an aromatic ring is 1. The van der Waals surface area contributed by atoms with E-state index in [1.54, 1.807) is 25.1 Å². The van der Waals surface area contributed by atoms with E-state index in [1.165, 1.54) is 0 Å². The van der Waals surface area contributed by atoms with Gasteiger partial charge in [-0.05, 0) is 41.1 Å². The molecular formula is C10H13BrN2O2. The number of aliphatic hydroxyl groups is 1. The molecule has 0 saturated heterocycles. The highest BCUT2D eigenvalue weighted by atomic mass is 79.9. The first-order valence-electron chi connectivity index (χ1n) is 4.52. The highest BCUT2D eigenvalue weighted by Gasteiger charge is 2.07. The Labute approximate surface area is 96.6 Å². The first-order valence-corrected chi connectivity index (χ1v) is 5.31. The Morgan fingerprint density at radius 3 is 2.87 bits per heavy atom. The van der Waals surface area contributed by atoms with Gasteiger partial charge in [-0.1, -0.05) is 0 Å². The second-order valence-corrected chi connectivity index (χ2v) is 4.15. The zero-order chi connectivity index (χ0) is 11.4. The molecule has 0 heterocycles. The van der Waals surface area contributed by atoms with Crippen molar-refractivity contribution in [1.82, 2.24) is 5.32 Å². The first-order chi connectivity index (χ1) is 7.00. The normalized spacial score (nSPS) is 12.2. The molecule has 1 aromatic rings. The highest BCUT2D eigenvalue weighted by Crippen LogP contribution is 2.19. The van der Waals surface area contributed by atoms with E-state index in [0.29, 0.717) is 11.3 Å². The Hall–Kier alpha value is -1.07. The zero-order valence-corrected chi connectivity index (χ0v) is 9.91. The number of halogens is 1. The minimum Gasteiger partial charge on any atom is -0.398 e. The van der Waals surface area contributed by atoms with E-state index in [4.69, 9.17) is 10.8 Å². The number of carbonyl (C=O) groups is 1. The summed E-state index contributed by atoms with van der Waals surface area (Å²) in [4.78, 5) is 11.5. The molecule has 0 radical (unpaired) electrons. The van der Waals surface area contributed by atoms with Crippen molar-refractivity contribution >= 4 is 27.5 Å². The Morgan fingerprint density at radius 1 is 1.67 bits per heavy atom. The molecule has 1 amide bonds. The standard InChI is InChI=1S/C10H13BrN2O2/c1-6(14)5-13-10(15)7-2-3-8(11)9(12)4-7/h2-4,6,14H,5,12H2,1H3,(H,13,15)/t6-/m0/s1. The van der Waals surface area contributed by atoms with Crippen molar-refractivity contribution in [2.24, 2.45) is 0 Å². The lowest BCUT2D eigenvalue weighted by molar-refractivity contribution is 0.0924. The first kappa shape index (κ1) is 12.0. The molecule has 0 aliphatic carbocycles. The fourth-order valence-corrected chi connectivity index (χ4v) is 1.27. The van der Waals surface area contributed by atoms with E-state index >= 15 is 0 Å². The highest BCUT2D eigenvalue weighted by molar-refractivity contribution is 9.10. The molecule has 82 valence electrons. The van der Waals surface area contributed by atoms with Gasteiger partial charge in [-0.25, -0.2) is 0 Å². The van der Waals surface area contributed by atoms with Crippen LogP contribution in [-0.2, 0) is 0 Å². The number of aliphatic hydroxyl groups excluding tert-OH is 1. The number of hydrogen-bond acceptors (Lipinski definition) is 3. The molecule has 4 nitrogen and oxygen atoms in total. The van der Waals surface area contributed by atoms with E-state index < -0.39 is 6.10 Å². The Kier molecular flexibility index (Phi) is 4.11. The van der Waals surface area contributed by atoms with Crippen molar-refractivity contribution in [3.8, 4) is 0 Å². The van der Waals surface area contributed by atoms with E-state index in [9.17, 15) is 4.79 Å². The molecule has 0 aliphatic rings. The lowest BCUT2D eigenvalue weighted by Crippen LogP contribution is -2.30. The van der Waals surface area contributed by atoms with E-state index in [2.05, 4.69) is 21.2 Å². The number of hydrogen-bond donors (Lipinski definition) is 3. The molecule has 0 fully saturated rings. The summed E-state index contributed by atoms with van der Waals surface area (Å²) >= 11 is 3.24.